The molecule has 0 aliphatic carbocycles. The summed E-state index contributed by atoms with van der Waals surface area (Å²) in [5, 5.41) is 6.91. The Morgan fingerprint density at radius 1 is 1.15 bits per heavy atom. The van der Waals surface area contributed by atoms with Crippen molar-refractivity contribution in [3.8, 4) is 17.4 Å². The lowest BCUT2D eigenvalue weighted by Gasteiger charge is -2.19. The Labute approximate surface area is 214 Å². The van der Waals surface area contributed by atoms with E-state index in [1.807, 2.05) is 38.2 Å². The normalized spacial score (nSPS) is 16.3. The minimum Gasteiger partial charge on any atom is -0.497 e. The summed E-state index contributed by atoms with van der Waals surface area (Å²) < 4.78 is 16.4. The SMILES string of the molecule is CN=C(NCc1ccc(OC(C)C)nc1)NC1CCN(Cc2cc(OC)cc(OC)c2)C1.I. The maximum Gasteiger partial charge on any atom is 0.213 e. The number of halogens is 1. The number of nitrogens with one attached hydrogen (secondary N) is 2. The van der Waals surface area contributed by atoms with E-state index in [0.29, 0.717) is 18.5 Å². The van der Waals surface area contributed by atoms with E-state index >= 15 is 0 Å². The lowest BCUT2D eigenvalue weighted by atomic mass is 10.2. The average Bonchev–Trinajstić information content (AvgIpc) is 3.23. The van der Waals surface area contributed by atoms with Crippen LogP contribution in [0.2, 0.25) is 0 Å². The molecule has 2 N–H and O–H groups in total. The van der Waals surface area contributed by atoms with E-state index in [2.05, 4.69) is 37.6 Å². The van der Waals surface area contributed by atoms with Crippen LogP contribution in [0.15, 0.2) is 41.5 Å². The lowest BCUT2D eigenvalue weighted by Crippen LogP contribution is -2.44. The van der Waals surface area contributed by atoms with E-state index in [1.165, 1.54) is 5.56 Å². The van der Waals surface area contributed by atoms with Crippen LogP contribution in [0.5, 0.6) is 17.4 Å². The van der Waals surface area contributed by atoms with Crippen molar-refractivity contribution in [1.82, 2.24) is 20.5 Å². The number of methoxy groups -OCH3 is 2. The van der Waals surface area contributed by atoms with Gasteiger partial charge in [-0.3, -0.25) is 9.89 Å². The number of pyridine rings is 1. The van der Waals surface area contributed by atoms with Crippen LogP contribution in [0.1, 0.15) is 31.4 Å². The third-order valence-electron chi connectivity index (χ3n) is 5.27. The van der Waals surface area contributed by atoms with Gasteiger partial charge in [-0.1, -0.05) is 6.07 Å². The zero-order chi connectivity index (χ0) is 22.9. The first-order valence-corrected chi connectivity index (χ1v) is 11.0. The van der Waals surface area contributed by atoms with E-state index in [9.17, 15) is 0 Å². The fourth-order valence-corrected chi connectivity index (χ4v) is 3.71. The fraction of sp³-hybridized carbons (Fsp3) is 0.500. The topological polar surface area (TPSA) is 80.2 Å². The number of aliphatic imine (C=N–C) groups is 1. The van der Waals surface area contributed by atoms with E-state index in [0.717, 1.165) is 49.1 Å². The van der Waals surface area contributed by atoms with Gasteiger partial charge in [-0.15, -0.1) is 24.0 Å². The summed E-state index contributed by atoms with van der Waals surface area (Å²) in [4.78, 5) is 11.2. The third kappa shape index (κ3) is 8.54. The third-order valence-corrected chi connectivity index (χ3v) is 5.27. The molecule has 1 unspecified atom stereocenters. The summed E-state index contributed by atoms with van der Waals surface area (Å²) in [5.74, 6) is 3.07. The number of aromatic nitrogens is 1. The van der Waals surface area contributed by atoms with Crippen molar-refractivity contribution in [3.63, 3.8) is 0 Å². The largest absolute Gasteiger partial charge is 0.497 e. The number of nitrogens with zero attached hydrogens (tertiary/aromatic N) is 3. The number of hydrogen-bond donors (Lipinski definition) is 2. The maximum absolute atomic E-state index is 5.60. The first-order valence-electron chi connectivity index (χ1n) is 11.0. The van der Waals surface area contributed by atoms with Gasteiger partial charge in [-0.2, -0.15) is 0 Å². The number of guanidine groups is 1. The lowest BCUT2D eigenvalue weighted by molar-refractivity contribution is 0.232. The molecule has 0 radical (unpaired) electrons. The summed E-state index contributed by atoms with van der Waals surface area (Å²) in [7, 11) is 5.15. The van der Waals surface area contributed by atoms with Crippen molar-refractivity contribution in [2.24, 2.45) is 4.99 Å². The Bertz CT molecular complexity index is 870. The summed E-state index contributed by atoms with van der Waals surface area (Å²) in [6.45, 7) is 7.45. The molecule has 1 aromatic carbocycles. The molecule has 1 fully saturated rings. The molecule has 2 aromatic rings. The van der Waals surface area contributed by atoms with Crippen molar-refractivity contribution in [2.45, 2.75) is 45.5 Å². The zero-order valence-corrected chi connectivity index (χ0v) is 22.5. The molecule has 1 aromatic heterocycles. The predicted molar refractivity (Wildman–Crippen MR) is 142 cm³/mol. The van der Waals surface area contributed by atoms with Crippen molar-refractivity contribution in [3.05, 3.63) is 47.7 Å². The van der Waals surface area contributed by atoms with Gasteiger partial charge in [0, 0.05) is 57.6 Å². The zero-order valence-electron chi connectivity index (χ0n) is 20.1. The smallest absolute Gasteiger partial charge is 0.213 e. The van der Waals surface area contributed by atoms with Gasteiger partial charge >= 0.3 is 0 Å². The summed E-state index contributed by atoms with van der Waals surface area (Å²) >= 11 is 0. The molecule has 0 amide bonds. The quantitative estimate of drug-likeness (QED) is 0.272. The van der Waals surface area contributed by atoms with Crippen LogP contribution in [0.3, 0.4) is 0 Å². The molecule has 33 heavy (non-hydrogen) atoms. The van der Waals surface area contributed by atoms with Crippen LogP contribution in [-0.4, -0.2) is 62.3 Å². The average molecular weight is 569 g/mol. The number of benzene rings is 1. The number of likely N-dealkylation sites (tertiary alicyclic amines) is 1. The van der Waals surface area contributed by atoms with Gasteiger partial charge in [-0.05, 0) is 43.5 Å². The molecular formula is C24H36IN5O3. The molecule has 0 saturated carbocycles. The van der Waals surface area contributed by atoms with Crippen LogP contribution >= 0.6 is 24.0 Å². The Kier molecular flexibility index (Phi) is 11.0. The van der Waals surface area contributed by atoms with Crippen LogP contribution in [0.25, 0.3) is 0 Å². The van der Waals surface area contributed by atoms with Crippen molar-refractivity contribution >= 4 is 29.9 Å². The number of ether oxygens (including phenoxy) is 3. The second-order valence-corrected chi connectivity index (χ2v) is 8.18. The molecule has 182 valence electrons. The Balaban J connectivity index is 0.00000385. The van der Waals surface area contributed by atoms with Gasteiger partial charge in [0.2, 0.25) is 5.88 Å². The molecule has 9 heteroatoms. The van der Waals surface area contributed by atoms with Gasteiger partial charge in [0.05, 0.1) is 20.3 Å². The first-order chi connectivity index (χ1) is 15.5. The Morgan fingerprint density at radius 2 is 1.88 bits per heavy atom. The van der Waals surface area contributed by atoms with Gasteiger partial charge in [0.25, 0.3) is 0 Å². The highest BCUT2D eigenvalue weighted by atomic mass is 127. The van der Waals surface area contributed by atoms with Crippen LogP contribution in [0.4, 0.5) is 0 Å². The maximum atomic E-state index is 5.60. The van der Waals surface area contributed by atoms with Gasteiger partial charge in [0.1, 0.15) is 11.5 Å². The van der Waals surface area contributed by atoms with E-state index in [-0.39, 0.29) is 30.1 Å². The Hall–Kier alpha value is -2.27. The molecule has 8 nitrogen and oxygen atoms in total. The van der Waals surface area contributed by atoms with Crippen molar-refractivity contribution in [2.75, 3.05) is 34.4 Å². The van der Waals surface area contributed by atoms with Crippen LogP contribution < -0.4 is 24.8 Å². The standard InChI is InChI=1S/C24H35N5O3.HI/c1-17(2)32-23-7-6-18(13-26-23)14-27-24(25-3)28-20-8-9-29(16-20)15-19-10-21(30-4)12-22(11-19)31-5;/h6-7,10-13,17,20H,8-9,14-16H2,1-5H3,(H2,25,27,28);1H. The molecule has 0 spiro atoms. The highest BCUT2D eigenvalue weighted by Gasteiger charge is 2.23. The minimum absolute atomic E-state index is 0. The molecule has 1 aliphatic rings. The van der Waals surface area contributed by atoms with E-state index in [1.54, 1.807) is 21.3 Å². The first kappa shape index (κ1) is 27.0. The molecule has 1 saturated heterocycles. The number of rotatable bonds is 9. The van der Waals surface area contributed by atoms with Crippen LogP contribution in [-0.2, 0) is 13.1 Å². The molecular weight excluding hydrogens is 533 g/mol. The Morgan fingerprint density at radius 3 is 2.45 bits per heavy atom. The highest BCUT2D eigenvalue weighted by molar-refractivity contribution is 14.0. The molecule has 2 heterocycles. The molecule has 0 bridgehead atoms. The monoisotopic (exact) mass is 569 g/mol. The second kappa shape index (κ2) is 13.4. The predicted octanol–water partition coefficient (Wildman–Crippen LogP) is 3.44. The second-order valence-electron chi connectivity index (χ2n) is 8.18. The fourth-order valence-electron chi connectivity index (χ4n) is 3.71. The van der Waals surface area contributed by atoms with E-state index in [4.69, 9.17) is 14.2 Å². The molecule has 3 rings (SSSR count). The van der Waals surface area contributed by atoms with Gasteiger partial charge in [0.15, 0.2) is 5.96 Å². The summed E-state index contributed by atoms with van der Waals surface area (Å²) in [6.07, 6.45) is 3.01. The van der Waals surface area contributed by atoms with Gasteiger partial charge in [-0.25, -0.2) is 4.98 Å². The van der Waals surface area contributed by atoms with E-state index < -0.39 is 0 Å². The van der Waals surface area contributed by atoms with Gasteiger partial charge < -0.3 is 24.8 Å². The summed E-state index contributed by atoms with van der Waals surface area (Å²) in [5.41, 5.74) is 2.26. The summed E-state index contributed by atoms with van der Waals surface area (Å²) in [6, 6.07) is 10.3. The molecule has 1 aliphatic heterocycles. The van der Waals surface area contributed by atoms with Crippen LogP contribution in [0, 0.1) is 0 Å². The minimum atomic E-state index is 0. The number of hydrogen-bond acceptors (Lipinski definition) is 6. The molecule has 1 atom stereocenters. The highest BCUT2D eigenvalue weighted by Crippen LogP contribution is 2.24. The van der Waals surface area contributed by atoms with Crippen molar-refractivity contribution in [1.29, 1.82) is 0 Å². The van der Waals surface area contributed by atoms with Crippen molar-refractivity contribution < 1.29 is 14.2 Å².